The number of fused-ring (bicyclic) bond motifs is 1. The number of likely N-dealkylation sites (tertiary alicyclic amines) is 1. The first-order valence-electron chi connectivity index (χ1n) is 6.86. The van der Waals surface area contributed by atoms with E-state index in [4.69, 9.17) is 4.74 Å². The van der Waals surface area contributed by atoms with Crippen LogP contribution >= 0.6 is 0 Å². The number of amides is 1. The number of rotatable bonds is 1. The molecule has 3 heterocycles. The summed E-state index contributed by atoms with van der Waals surface area (Å²) in [5, 5.41) is 3.53. The highest BCUT2D eigenvalue weighted by Gasteiger charge is 2.45. The third kappa shape index (κ3) is 1.97. The van der Waals surface area contributed by atoms with Crippen LogP contribution in [0.1, 0.15) is 32.6 Å². The van der Waals surface area contributed by atoms with Crippen LogP contribution in [0.4, 0.5) is 0 Å². The van der Waals surface area contributed by atoms with E-state index in [1.807, 2.05) is 11.8 Å². The molecule has 0 aromatic heterocycles. The third-order valence-electron chi connectivity index (χ3n) is 4.56. The molecule has 17 heavy (non-hydrogen) atoms. The van der Waals surface area contributed by atoms with Crippen molar-refractivity contribution in [3.05, 3.63) is 0 Å². The van der Waals surface area contributed by atoms with Crippen LogP contribution in [-0.2, 0) is 9.53 Å². The molecular weight excluding hydrogens is 216 g/mol. The lowest BCUT2D eigenvalue weighted by molar-refractivity contribution is -0.150. The van der Waals surface area contributed by atoms with Crippen molar-refractivity contribution < 1.29 is 9.53 Å². The summed E-state index contributed by atoms with van der Waals surface area (Å²) in [5.74, 6) is 0.879. The quantitative estimate of drug-likeness (QED) is 0.733. The Balaban J connectivity index is 1.67. The molecule has 3 aliphatic heterocycles. The van der Waals surface area contributed by atoms with Crippen LogP contribution in [0.2, 0.25) is 0 Å². The van der Waals surface area contributed by atoms with Gasteiger partial charge in [0, 0.05) is 25.7 Å². The normalized spacial score (nSPS) is 41.6. The molecule has 0 bridgehead atoms. The van der Waals surface area contributed by atoms with E-state index in [0.717, 1.165) is 39.1 Å². The molecule has 4 nitrogen and oxygen atoms in total. The average Bonchev–Trinajstić information content (AvgIpc) is 2.94. The fraction of sp³-hybridized carbons (Fsp3) is 0.923. The van der Waals surface area contributed by atoms with Gasteiger partial charge in [0.05, 0.1) is 0 Å². The highest BCUT2D eigenvalue weighted by atomic mass is 16.5. The summed E-state index contributed by atoms with van der Waals surface area (Å²) < 4.78 is 5.66. The third-order valence-corrected chi connectivity index (χ3v) is 4.56. The van der Waals surface area contributed by atoms with Crippen LogP contribution in [-0.4, -0.2) is 48.7 Å². The minimum absolute atomic E-state index is 0.214. The smallest absolute Gasteiger partial charge is 0.254 e. The largest absolute Gasteiger partial charge is 0.365 e. The summed E-state index contributed by atoms with van der Waals surface area (Å²) in [5.41, 5.74) is -0.534. The predicted molar refractivity (Wildman–Crippen MR) is 64.7 cm³/mol. The second-order valence-corrected chi connectivity index (χ2v) is 5.86. The summed E-state index contributed by atoms with van der Waals surface area (Å²) in [4.78, 5) is 14.5. The van der Waals surface area contributed by atoms with Crippen molar-refractivity contribution in [1.82, 2.24) is 10.2 Å². The van der Waals surface area contributed by atoms with Gasteiger partial charge in [0.25, 0.3) is 5.91 Å². The maximum absolute atomic E-state index is 12.5. The number of nitrogens with zero attached hydrogens (tertiary/aromatic N) is 1. The molecular formula is C13H22N2O2. The van der Waals surface area contributed by atoms with Crippen molar-refractivity contribution in [2.24, 2.45) is 5.92 Å². The molecule has 3 unspecified atom stereocenters. The fourth-order valence-corrected chi connectivity index (χ4v) is 3.49. The van der Waals surface area contributed by atoms with Crippen molar-refractivity contribution in [1.29, 1.82) is 0 Å². The van der Waals surface area contributed by atoms with E-state index in [0.29, 0.717) is 12.0 Å². The highest BCUT2D eigenvalue weighted by molar-refractivity contribution is 5.85. The number of piperidine rings is 1. The summed E-state index contributed by atoms with van der Waals surface area (Å²) in [6.45, 7) is 5.60. The van der Waals surface area contributed by atoms with Gasteiger partial charge in [0.15, 0.2) is 0 Å². The molecule has 0 aromatic carbocycles. The van der Waals surface area contributed by atoms with Crippen molar-refractivity contribution >= 4 is 5.91 Å². The van der Waals surface area contributed by atoms with Crippen LogP contribution in [0, 0.1) is 5.92 Å². The number of nitrogens with one attached hydrogen (secondary N) is 1. The van der Waals surface area contributed by atoms with E-state index in [2.05, 4.69) is 5.32 Å². The standard InChI is InChI=1S/C13H22N2O2/c1-13(5-3-7-17-13)12(16)15-8-10-4-2-6-14-11(10)9-15/h10-11,14H,2-9H2,1H3. The number of hydrogen-bond acceptors (Lipinski definition) is 3. The number of hydrogen-bond donors (Lipinski definition) is 1. The second-order valence-electron chi connectivity index (χ2n) is 5.86. The molecule has 0 spiro atoms. The maximum atomic E-state index is 12.5. The Morgan fingerprint density at radius 1 is 1.41 bits per heavy atom. The Kier molecular flexibility index (Phi) is 2.87. The van der Waals surface area contributed by atoms with Crippen molar-refractivity contribution in [3.8, 4) is 0 Å². The van der Waals surface area contributed by atoms with E-state index < -0.39 is 5.60 Å². The fourth-order valence-electron chi connectivity index (χ4n) is 3.49. The first-order chi connectivity index (χ1) is 8.19. The molecule has 3 aliphatic rings. The number of carbonyl (C=O) groups excluding carboxylic acids is 1. The van der Waals surface area contributed by atoms with E-state index >= 15 is 0 Å². The Labute approximate surface area is 103 Å². The lowest BCUT2D eigenvalue weighted by Gasteiger charge is -2.28. The predicted octanol–water partition coefficient (Wildman–Crippen LogP) is 0.766. The SMILES string of the molecule is CC1(C(=O)N2CC3CCCNC3C2)CCCO1. The van der Waals surface area contributed by atoms with E-state index in [1.54, 1.807) is 0 Å². The van der Waals surface area contributed by atoms with Gasteiger partial charge in [-0.1, -0.05) is 0 Å². The topological polar surface area (TPSA) is 41.6 Å². The Bertz CT molecular complexity index is 299. The van der Waals surface area contributed by atoms with Gasteiger partial charge in [-0.05, 0) is 45.1 Å². The van der Waals surface area contributed by atoms with Gasteiger partial charge in [-0.2, -0.15) is 0 Å². The van der Waals surface area contributed by atoms with Gasteiger partial charge in [-0.25, -0.2) is 0 Å². The lowest BCUT2D eigenvalue weighted by Crippen LogP contribution is -2.47. The van der Waals surface area contributed by atoms with Crippen molar-refractivity contribution in [2.75, 3.05) is 26.2 Å². The average molecular weight is 238 g/mol. The molecule has 1 N–H and O–H groups in total. The summed E-state index contributed by atoms with van der Waals surface area (Å²) in [7, 11) is 0. The summed E-state index contributed by atoms with van der Waals surface area (Å²) >= 11 is 0. The van der Waals surface area contributed by atoms with Crippen LogP contribution < -0.4 is 5.32 Å². The molecule has 96 valence electrons. The Hall–Kier alpha value is -0.610. The molecule has 3 fully saturated rings. The molecule has 1 amide bonds. The van der Waals surface area contributed by atoms with Gasteiger partial charge < -0.3 is 15.0 Å². The zero-order chi connectivity index (χ0) is 11.9. The summed E-state index contributed by atoms with van der Waals surface area (Å²) in [6, 6.07) is 0.526. The molecule has 4 heteroatoms. The van der Waals surface area contributed by atoms with Crippen molar-refractivity contribution in [2.45, 2.75) is 44.2 Å². The highest BCUT2D eigenvalue weighted by Crippen LogP contribution is 2.31. The van der Waals surface area contributed by atoms with Gasteiger partial charge in [0.1, 0.15) is 5.60 Å². The van der Waals surface area contributed by atoms with Gasteiger partial charge >= 0.3 is 0 Å². The van der Waals surface area contributed by atoms with Crippen molar-refractivity contribution in [3.63, 3.8) is 0 Å². The molecule has 0 radical (unpaired) electrons. The molecule has 3 saturated heterocycles. The minimum Gasteiger partial charge on any atom is -0.365 e. The Morgan fingerprint density at radius 3 is 3.00 bits per heavy atom. The first kappa shape index (κ1) is 11.5. The zero-order valence-electron chi connectivity index (χ0n) is 10.6. The van der Waals surface area contributed by atoms with E-state index in [-0.39, 0.29) is 5.91 Å². The monoisotopic (exact) mass is 238 g/mol. The zero-order valence-corrected chi connectivity index (χ0v) is 10.6. The van der Waals surface area contributed by atoms with Gasteiger partial charge in [-0.3, -0.25) is 4.79 Å². The van der Waals surface area contributed by atoms with Crippen LogP contribution in [0.5, 0.6) is 0 Å². The lowest BCUT2D eigenvalue weighted by atomic mass is 9.94. The first-order valence-corrected chi connectivity index (χ1v) is 6.86. The van der Waals surface area contributed by atoms with Crippen LogP contribution in [0.3, 0.4) is 0 Å². The van der Waals surface area contributed by atoms with Gasteiger partial charge in [-0.15, -0.1) is 0 Å². The molecule has 3 atom stereocenters. The molecule has 0 aliphatic carbocycles. The summed E-state index contributed by atoms with van der Waals surface area (Å²) in [6.07, 6.45) is 4.41. The molecule has 0 aromatic rings. The maximum Gasteiger partial charge on any atom is 0.254 e. The van der Waals surface area contributed by atoms with E-state index in [9.17, 15) is 4.79 Å². The number of carbonyl (C=O) groups is 1. The molecule has 3 rings (SSSR count). The van der Waals surface area contributed by atoms with Crippen LogP contribution in [0.15, 0.2) is 0 Å². The Morgan fingerprint density at radius 2 is 2.29 bits per heavy atom. The molecule has 0 saturated carbocycles. The van der Waals surface area contributed by atoms with Gasteiger partial charge in [0.2, 0.25) is 0 Å². The van der Waals surface area contributed by atoms with Crippen LogP contribution in [0.25, 0.3) is 0 Å². The number of ether oxygens (including phenoxy) is 1. The van der Waals surface area contributed by atoms with E-state index in [1.165, 1.54) is 12.8 Å². The second kappa shape index (κ2) is 4.25. The minimum atomic E-state index is -0.534.